The van der Waals surface area contributed by atoms with Gasteiger partial charge >= 0.3 is 0 Å². The maximum absolute atomic E-state index is 12.4. The Labute approximate surface area is 128 Å². The fraction of sp³-hybridized carbons (Fsp3) is 0.400. The fourth-order valence-corrected chi connectivity index (χ4v) is 3.50. The monoisotopic (exact) mass is 304 g/mol. The van der Waals surface area contributed by atoms with Crippen molar-refractivity contribution in [2.75, 3.05) is 39.0 Å². The maximum atomic E-state index is 12.4. The predicted molar refractivity (Wildman–Crippen MR) is 87.5 cm³/mol. The molecule has 0 saturated carbocycles. The van der Waals surface area contributed by atoms with Gasteiger partial charge in [-0.05, 0) is 26.1 Å². The first-order chi connectivity index (χ1) is 10.0. The van der Waals surface area contributed by atoms with E-state index in [0.29, 0.717) is 10.6 Å². The molecule has 0 bridgehead atoms. The summed E-state index contributed by atoms with van der Waals surface area (Å²) in [6.45, 7) is 5.63. The highest BCUT2D eigenvalue weighted by molar-refractivity contribution is 7.21. The molecule has 0 spiro atoms. The third kappa shape index (κ3) is 2.88. The summed E-state index contributed by atoms with van der Waals surface area (Å²) in [7, 11) is 2.09. The van der Waals surface area contributed by atoms with Gasteiger partial charge in [-0.15, -0.1) is 11.3 Å². The van der Waals surface area contributed by atoms with Crippen molar-refractivity contribution in [2.24, 2.45) is 0 Å². The van der Waals surface area contributed by atoms with Gasteiger partial charge in [-0.2, -0.15) is 0 Å². The van der Waals surface area contributed by atoms with Crippen LogP contribution in [0.25, 0.3) is 10.1 Å². The number of carbonyl (C=O) groups excluding carboxylic acids is 1. The molecule has 21 heavy (non-hydrogen) atoms. The van der Waals surface area contributed by atoms with E-state index in [1.807, 2.05) is 30.1 Å². The number of hydrazine groups is 1. The zero-order chi connectivity index (χ0) is 15.0. The number of hydrogen-bond acceptors (Lipinski definition) is 5. The number of piperazine rings is 1. The van der Waals surface area contributed by atoms with E-state index in [0.717, 1.165) is 41.8 Å². The zero-order valence-corrected chi connectivity index (χ0v) is 13.2. The van der Waals surface area contributed by atoms with Gasteiger partial charge in [0.15, 0.2) is 0 Å². The summed E-state index contributed by atoms with van der Waals surface area (Å²) in [6, 6.07) is 6.10. The minimum atomic E-state index is -0.101. The van der Waals surface area contributed by atoms with Crippen LogP contribution in [-0.2, 0) is 0 Å². The highest BCUT2D eigenvalue weighted by Gasteiger charge is 2.20. The molecule has 1 saturated heterocycles. The minimum Gasteiger partial charge on any atom is -0.397 e. The second kappa shape index (κ2) is 5.63. The third-order valence-corrected chi connectivity index (χ3v) is 5.04. The van der Waals surface area contributed by atoms with E-state index in [1.54, 1.807) is 0 Å². The number of fused-ring (bicyclic) bond motifs is 1. The number of likely N-dealkylation sites (N-methyl/N-ethyl adjacent to an activating group) is 1. The molecule has 0 atom stereocenters. The highest BCUT2D eigenvalue weighted by atomic mass is 32.1. The average Bonchev–Trinajstić information content (AvgIpc) is 2.79. The van der Waals surface area contributed by atoms with E-state index in [-0.39, 0.29) is 5.91 Å². The Balaban J connectivity index is 1.80. The van der Waals surface area contributed by atoms with Gasteiger partial charge in [0.2, 0.25) is 0 Å². The number of aryl methyl sites for hydroxylation is 1. The number of carbonyl (C=O) groups is 1. The van der Waals surface area contributed by atoms with Crippen LogP contribution in [0.2, 0.25) is 0 Å². The standard InChI is InChI=1S/C15H20N4OS/c1-10-3-4-12-11(9-10)13(16)14(21-12)15(20)17-19-7-5-18(2)6-8-19/h3-4,9H,5-8,16H2,1-2H3,(H,17,20). The summed E-state index contributed by atoms with van der Waals surface area (Å²) in [5.41, 5.74) is 10.9. The zero-order valence-electron chi connectivity index (χ0n) is 12.3. The molecule has 0 radical (unpaired) electrons. The molecule has 1 amide bonds. The molecule has 3 rings (SSSR count). The summed E-state index contributed by atoms with van der Waals surface area (Å²) in [5.74, 6) is -0.101. The fourth-order valence-electron chi connectivity index (χ4n) is 2.51. The van der Waals surface area contributed by atoms with Crippen LogP contribution in [0.15, 0.2) is 18.2 Å². The van der Waals surface area contributed by atoms with Crippen LogP contribution in [-0.4, -0.2) is 49.0 Å². The summed E-state index contributed by atoms with van der Waals surface area (Å²) in [4.78, 5) is 15.3. The van der Waals surface area contributed by atoms with E-state index in [4.69, 9.17) is 5.73 Å². The van der Waals surface area contributed by atoms with Crippen LogP contribution in [0.5, 0.6) is 0 Å². The van der Waals surface area contributed by atoms with Crippen LogP contribution in [0.1, 0.15) is 15.2 Å². The predicted octanol–water partition coefficient (Wildman–Crippen LogP) is 1.68. The number of nitrogens with zero attached hydrogens (tertiary/aromatic N) is 2. The van der Waals surface area contributed by atoms with E-state index >= 15 is 0 Å². The van der Waals surface area contributed by atoms with E-state index in [2.05, 4.69) is 17.4 Å². The highest BCUT2D eigenvalue weighted by Crippen LogP contribution is 2.34. The molecule has 3 N–H and O–H groups in total. The van der Waals surface area contributed by atoms with Crippen LogP contribution in [0.3, 0.4) is 0 Å². The number of benzene rings is 1. The normalized spacial score (nSPS) is 17.2. The Hall–Kier alpha value is -1.63. The molecule has 1 aliphatic heterocycles. The molecule has 1 aromatic carbocycles. The molecule has 2 heterocycles. The number of anilines is 1. The molecule has 112 valence electrons. The Morgan fingerprint density at radius 2 is 2.00 bits per heavy atom. The van der Waals surface area contributed by atoms with Crippen LogP contribution >= 0.6 is 11.3 Å². The molecule has 6 heteroatoms. The van der Waals surface area contributed by atoms with Crippen LogP contribution in [0.4, 0.5) is 5.69 Å². The van der Waals surface area contributed by atoms with Crippen molar-refractivity contribution in [2.45, 2.75) is 6.92 Å². The third-order valence-electron chi connectivity index (χ3n) is 3.85. The lowest BCUT2D eigenvalue weighted by molar-refractivity contribution is 0.0667. The SMILES string of the molecule is Cc1ccc2sc(C(=O)NN3CCN(C)CC3)c(N)c2c1. The Bertz CT molecular complexity index is 674. The lowest BCUT2D eigenvalue weighted by Crippen LogP contribution is -2.52. The molecule has 5 nitrogen and oxygen atoms in total. The molecule has 0 unspecified atom stereocenters. The molecule has 1 aromatic heterocycles. The van der Waals surface area contributed by atoms with Gasteiger partial charge in [0.25, 0.3) is 5.91 Å². The number of rotatable bonds is 2. The van der Waals surface area contributed by atoms with E-state index in [1.165, 1.54) is 11.3 Å². The molecule has 1 aliphatic rings. The first kappa shape index (κ1) is 14.3. The number of hydrogen-bond donors (Lipinski definition) is 2. The topological polar surface area (TPSA) is 61.6 Å². The lowest BCUT2D eigenvalue weighted by atomic mass is 10.1. The second-order valence-electron chi connectivity index (χ2n) is 5.58. The molecular formula is C15H20N4OS. The van der Waals surface area contributed by atoms with Crippen molar-refractivity contribution >= 4 is 33.0 Å². The molecule has 1 fully saturated rings. The summed E-state index contributed by atoms with van der Waals surface area (Å²) >= 11 is 1.46. The van der Waals surface area contributed by atoms with Crippen molar-refractivity contribution in [3.05, 3.63) is 28.6 Å². The van der Waals surface area contributed by atoms with Crippen molar-refractivity contribution in [3.8, 4) is 0 Å². The van der Waals surface area contributed by atoms with E-state index in [9.17, 15) is 4.79 Å². The minimum absolute atomic E-state index is 0.101. The number of nitrogen functional groups attached to an aromatic ring is 1. The Morgan fingerprint density at radius 3 is 2.71 bits per heavy atom. The van der Waals surface area contributed by atoms with E-state index < -0.39 is 0 Å². The number of thiophene rings is 1. The first-order valence-corrected chi connectivity index (χ1v) is 7.89. The van der Waals surface area contributed by atoms with Crippen molar-refractivity contribution < 1.29 is 4.79 Å². The van der Waals surface area contributed by atoms with Gasteiger partial charge in [0.1, 0.15) is 4.88 Å². The van der Waals surface area contributed by atoms with Crippen molar-refractivity contribution in [1.29, 1.82) is 0 Å². The summed E-state index contributed by atoms with van der Waals surface area (Å²) < 4.78 is 1.06. The maximum Gasteiger partial charge on any atom is 0.277 e. The summed E-state index contributed by atoms with van der Waals surface area (Å²) in [6.07, 6.45) is 0. The lowest BCUT2D eigenvalue weighted by Gasteiger charge is -2.32. The molecule has 2 aromatic rings. The largest absolute Gasteiger partial charge is 0.397 e. The number of nitrogens with one attached hydrogen (secondary N) is 1. The van der Waals surface area contributed by atoms with Crippen molar-refractivity contribution in [3.63, 3.8) is 0 Å². The van der Waals surface area contributed by atoms with Crippen molar-refractivity contribution in [1.82, 2.24) is 15.3 Å². The smallest absolute Gasteiger partial charge is 0.277 e. The van der Waals surface area contributed by atoms with Gasteiger partial charge in [0, 0.05) is 36.3 Å². The van der Waals surface area contributed by atoms with Gasteiger partial charge < -0.3 is 10.6 Å². The van der Waals surface area contributed by atoms with Gasteiger partial charge in [-0.1, -0.05) is 11.6 Å². The van der Waals surface area contributed by atoms with Crippen LogP contribution in [0, 0.1) is 6.92 Å². The van der Waals surface area contributed by atoms with Crippen LogP contribution < -0.4 is 11.2 Å². The number of amides is 1. The van der Waals surface area contributed by atoms with Gasteiger partial charge in [-0.25, -0.2) is 5.01 Å². The summed E-state index contributed by atoms with van der Waals surface area (Å²) in [5, 5.41) is 2.95. The molecular weight excluding hydrogens is 284 g/mol. The Morgan fingerprint density at radius 1 is 1.29 bits per heavy atom. The average molecular weight is 304 g/mol. The Kier molecular flexibility index (Phi) is 3.84. The molecule has 0 aliphatic carbocycles. The first-order valence-electron chi connectivity index (χ1n) is 7.07. The van der Waals surface area contributed by atoms with Gasteiger partial charge in [-0.3, -0.25) is 10.2 Å². The van der Waals surface area contributed by atoms with Gasteiger partial charge in [0.05, 0.1) is 5.69 Å². The second-order valence-corrected chi connectivity index (χ2v) is 6.63. The number of nitrogens with two attached hydrogens (primary N) is 1. The quantitative estimate of drug-likeness (QED) is 0.886.